The van der Waals surface area contributed by atoms with Crippen molar-refractivity contribution in [3.8, 4) is 0 Å². The molecular weight excluding hydrogens is 224 g/mol. The van der Waals surface area contributed by atoms with Crippen molar-refractivity contribution >= 4 is 11.9 Å². The number of esters is 2. The predicted octanol–water partition coefficient (Wildman–Crippen LogP) is 1.24. The van der Waals surface area contributed by atoms with Crippen molar-refractivity contribution in [2.75, 3.05) is 14.2 Å². The smallest absolute Gasteiger partial charge is 0.338 e. The van der Waals surface area contributed by atoms with Crippen molar-refractivity contribution in [3.05, 3.63) is 24.3 Å². The number of hydrogen-bond acceptors (Lipinski definition) is 5. The highest BCUT2D eigenvalue weighted by molar-refractivity contribution is 5.96. The number of ether oxygens (including phenoxy) is 3. The van der Waals surface area contributed by atoms with E-state index < -0.39 is 11.9 Å². The summed E-state index contributed by atoms with van der Waals surface area (Å²) in [4.78, 5) is 22.3. The van der Waals surface area contributed by atoms with E-state index in [9.17, 15) is 9.59 Å². The molecule has 17 heavy (non-hydrogen) atoms. The highest BCUT2D eigenvalue weighted by Gasteiger charge is 2.04. The maximum absolute atomic E-state index is 11.1. The molecule has 0 fully saturated rings. The van der Waals surface area contributed by atoms with Crippen LogP contribution >= 0.6 is 0 Å². The largest absolute Gasteiger partial charge is 0.387 e. The molecule has 0 saturated carbocycles. The molecule has 2 atom stereocenters. The van der Waals surface area contributed by atoms with Crippen molar-refractivity contribution in [1.82, 2.24) is 0 Å². The maximum atomic E-state index is 11.1. The summed E-state index contributed by atoms with van der Waals surface area (Å²) in [5.41, 5.74) is 0. The van der Waals surface area contributed by atoms with E-state index in [0.29, 0.717) is 0 Å². The van der Waals surface area contributed by atoms with Gasteiger partial charge in [-0.15, -0.1) is 0 Å². The highest BCUT2D eigenvalue weighted by atomic mass is 16.6. The van der Waals surface area contributed by atoms with Crippen molar-refractivity contribution in [3.63, 3.8) is 0 Å². The molecule has 96 valence electrons. The summed E-state index contributed by atoms with van der Waals surface area (Å²) in [6, 6.07) is 0. The van der Waals surface area contributed by atoms with E-state index in [4.69, 9.17) is 9.47 Å². The molecule has 0 saturated heterocycles. The molecule has 0 aromatic rings. The van der Waals surface area contributed by atoms with Gasteiger partial charge in [-0.25, -0.2) is 9.59 Å². The second kappa shape index (κ2) is 8.66. The second-order valence-electron chi connectivity index (χ2n) is 3.34. The molecule has 0 amide bonds. The molecule has 0 radical (unpaired) electrons. The van der Waals surface area contributed by atoms with Gasteiger partial charge in [0.2, 0.25) is 0 Å². The van der Waals surface area contributed by atoms with Crippen LogP contribution in [0.4, 0.5) is 0 Å². The summed E-state index contributed by atoms with van der Waals surface area (Å²) >= 11 is 0. The fourth-order valence-electron chi connectivity index (χ4n) is 0.752. The Hall–Kier alpha value is -1.46. The van der Waals surface area contributed by atoms with Crippen LogP contribution in [0.15, 0.2) is 24.3 Å². The molecule has 0 spiro atoms. The first kappa shape index (κ1) is 15.5. The summed E-state index contributed by atoms with van der Waals surface area (Å²) in [5, 5.41) is 0. The molecule has 5 heteroatoms. The van der Waals surface area contributed by atoms with E-state index in [1.807, 2.05) is 0 Å². The Balaban J connectivity index is 4.09. The molecule has 5 nitrogen and oxygen atoms in total. The number of methoxy groups -OCH3 is 2. The van der Waals surface area contributed by atoms with Gasteiger partial charge in [-0.2, -0.15) is 0 Å². The van der Waals surface area contributed by atoms with Gasteiger partial charge < -0.3 is 14.2 Å². The molecule has 0 bridgehead atoms. The Kier molecular flexibility index (Phi) is 7.92. The number of rotatable bonds is 6. The Morgan fingerprint density at radius 3 is 1.53 bits per heavy atom. The molecule has 0 aliphatic heterocycles. The summed E-state index contributed by atoms with van der Waals surface area (Å²) in [5.74, 6) is -1.46. The maximum Gasteiger partial charge on any atom is 0.338 e. The van der Waals surface area contributed by atoms with Crippen LogP contribution in [0.3, 0.4) is 0 Å². The van der Waals surface area contributed by atoms with Crippen LogP contribution in [-0.2, 0) is 23.8 Å². The molecule has 0 N–H and O–H groups in total. The molecule has 0 aromatic heterocycles. The number of carbonyl (C=O) groups is 2. The second-order valence-corrected chi connectivity index (χ2v) is 3.34. The van der Waals surface area contributed by atoms with E-state index in [-0.39, 0.29) is 12.2 Å². The molecule has 0 aromatic carbocycles. The van der Waals surface area contributed by atoms with Gasteiger partial charge in [-0.1, -0.05) is 0 Å². The van der Waals surface area contributed by atoms with Gasteiger partial charge in [0, 0.05) is 26.4 Å². The average Bonchev–Trinajstić information content (AvgIpc) is 2.32. The minimum Gasteiger partial charge on any atom is -0.387 e. The van der Waals surface area contributed by atoms with Crippen molar-refractivity contribution < 1.29 is 23.8 Å². The Bertz CT molecular complexity index is 276. The molecule has 2 unspecified atom stereocenters. The van der Waals surface area contributed by atoms with Crippen molar-refractivity contribution in [2.45, 2.75) is 26.1 Å². The monoisotopic (exact) mass is 242 g/mol. The van der Waals surface area contributed by atoms with Gasteiger partial charge in [0.1, 0.15) is 0 Å². The van der Waals surface area contributed by atoms with E-state index in [2.05, 4.69) is 4.74 Å². The lowest BCUT2D eigenvalue weighted by atomic mass is 10.3. The zero-order valence-electron chi connectivity index (χ0n) is 10.5. The first-order valence-electron chi connectivity index (χ1n) is 5.17. The Morgan fingerprint density at radius 1 is 0.882 bits per heavy atom. The summed E-state index contributed by atoms with van der Waals surface area (Å²) in [6.07, 6.45) is 4.89. The third-order valence-corrected chi connectivity index (χ3v) is 1.95. The minimum atomic E-state index is -0.728. The van der Waals surface area contributed by atoms with Gasteiger partial charge in [0.25, 0.3) is 0 Å². The summed E-state index contributed by atoms with van der Waals surface area (Å²) in [6.45, 7) is 3.51. The van der Waals surface area contributed by atoms with Crippen LogP contribution in [0, 0.1) is 0 Å². The van der Waals surface area contributed by atoms with E-state index in [0.717, 1.165) is 12.2 Å². The van der Waals surface area contributed by atoms with Crippen LogP contribution in [0.25, 0.3) is 0 Å². The Morgan fingerprint density at radius 2 is 1.24 bits per heavy atom. The quantitative estimate of drug-likeness (QED) is 0.398. The van der Waals surface area contributed by atoms with E-state index in [1.54, 1.807) is 13.8 Å². The van der Waals surface area contributed by atoms with Gasteiger partial charge >= 0.3 is 11.9 Å². The lowest BCUT2D eigenvalue weighted by Gasteiger charge is -2.02. The standard InChI is InChI=1S/C12H18O5/c1-9(15-3)5-7-11(13)17-12(14)8-6-10(2)16-4/h5-10H,1-4H3. The number of hydrogen-bond donors (Lipinski definition) is 0. The van der Waals surface area contributed by atoms with Crippen LogP contribution in [0.2, 0.25) is 0 Å². The third kappa shape index (κ3) is 8.36. The summed E-state index contributed by atoms with van der Waals surface area (Å²) < 4.78 is 14.3. The fourth-order valence-corrected chi connectivity index (χ4v) is 0.752. The van der Waals surface area contributed by atoms with Crippen LogP contribution in [0.5, 0.6) is 0 Å². The van der Waals surface area contributed by atoms with Gasteiger partial charge in [0.05, 0.1) is 12.2 Å². The van der Waals surface area contributed by atoms with E-state index >= 15 is 0 Å². The van der Waals surface area contributed by atoms with Gasteiger partial charge in [-0.05, 0) is 26.0 Å². The van der Waals surface area contributed by atoms with Crippen LogP contribution in [-0.4, -0.2) is 38.4 Å². The zero-order valence-corrected chi connectivity index (χ0v) is 10.5. The van der Waals surface area contributed by atoms with Gasteiger partial charge in [-0.3, -0.25) is 0 Å². The van der Waals surface area contributed by atoms with E-state index in [1.165, 1.54) is 26.4 Å². The summed E-state index contributed by atoms with van der Waals surface area (Å²) in [7, 11) is 3.03. The van der Waals surface area contributed by atoms with Crippen LogP contribution in [0.1, 0.15) is 13.8 Å². The van der Waals surface area contributed by atoms with Crippen molar-refractivity contribution in [2.24, 2.45) is 0 Å². The molecule has 0 heterocycles. The molecule has 0 aliphatic carbocycles. The molecular formula is C12H18O5. The first-order valence-corrected chi connectivity index (χ1v) is 5.17. The lowest BCUT2D eigenvalue weighted by molar-refractivity contribution is -0.152. The fraction of sp³-hybridized carbons (Fsp3) is 0.500. The van der Waals surface area contributed by atoms with Crippen LogP contribution < -0.4 is 0 Å². The molecule has 0 rings (SSSR count). The average molecular weight is 242 g/mol. The zero-order chi connectivity index (χ0) is 13.3. The third-order valence-electron chi connectivity index (χ3n) is 1.95. The normalized spacial score (nSPS) is 15.1. The SMILES string of the molecule is COC(C)C=CC(=O)OC(=O)C=CC(C)OC. The topological polar surface area (TPSA) is 61.8 Å². The first-order chi connectivity index (χ1) is 7.99. The van der Waals surface area contributed by atoms with Crippen molar-refractivity contribution in [1.29, 1.82) is 0 Å². The molecule has 0 aliphatic rings. The van der Waals surface area contributed by atoms with Gasteiger partial charge in [0.15, 0.2) is 0 Å². The number of carbonyl (C=O) groups excluding carboxylic acids is 2. The lowest BCUT2D eigenvalue weighted by Crippen LogP contribution is -2.10. The predicted molar refractivity (Wildman–Crippen MR) is 62.3 cm³/mol. The Labute approximate surface area is 101 Å². The highest BCUT2D eigenvalue weighted by Crippen LogP contribution is 1.94. The minimum absolute atomic E-state index is 0.207.